The van der Waals surface area contributed by atoms with Crippen LogP contribution < -0.4 is 0 Å². The Balaban J connectivity index is 2.69. The van der Waals surface area contributed by atoms with E-state index in [2.05, 4.69) is 0 Å². The molecular weight excluding hydrogens is 270 g/mol. The predicted octanol–water partition coefficient (Wildman–Crippen LogP) is 2.16. The summed E-state index contributed by atoms with van der Waals surface area (Å²) < 4.78 is 5.03. The fourth-order valence-electron chi connectivity index (χ4n) is 2.13. The third-order valence-corrected chi connectivity index (χ3v) is 3.18. The number of aliphatic carboxylic acids is 1. The van der Waals surface area contributed by atoms with Gasteiger partial charge in [0.25, 0.3) is 0 Å². The van der Waals surface area contributed by atoms with Crippen LogP contribution in [0.4, 0.5) is 0 Å². The number of hydrogen-bond acceptors (Lipinski definition) is 3. The van der Waals surface area contributed by atoms with E-state index in [0.29, 0.717) is 26.1 Å². The van der Waals surface area contributed by atoms with Gasteiger partial charge in [0.1, 0.15) is 0 Å². The van der Waals surface area contributed by atoms with Gasteiger partial charge in [-0.1, -0.05) is 37.3 Å². The molecule has 0 aliphatic rings. The van der Waals surface area contributed by atoms with Crippen LogP contribution in [-0.4, -0.2) is 42.1 Å². The molecule has 5 heteroatoms. The number of ether oxygens (including phenoxy) is 1. The molecule has 0 aromatic heterocycles. The predicted molar refractivity (Wildman–Crippen MR) is 79.8 cm³/mol. The van der Waals surface area contributed by atoms with Crippen LogP contribution in [-0.2, 0) is 20.9 Å². The van der Waals surface area contributed by atoms with Crippen molar-refractivity contribution in [3.8, 4) is 0 Å². The van der Waals surface area contributed by atoms with Gasteiger partial charge >= 0.3 is 5.97 Å². The first-order valence-electron chi connectivity index (χ1n) is 7.08. The van der Waals surface area contributed by atoms with E-state index in [-0.39, 0.29) is 18.2 Å². The fourth-order valence-corrected chi connectivity index (χ4v) is 2.13. The average Bonchev–Trinajstić information content (AvgIpc) is 2.46. The summed E-state index contributed by atoms with van der Waals surface area (Å²) in [4.78, 5) is 24.7. The fraction of sp³-hybridized carbons (Fsp3) is 0.500. The van der Waals surface area contributed by atoms with Crippen LogP contribution in [0.2, 0.25) is 0 Å². The summed E-state index contributed by atoms with van der Waals surface area (Å²) in [5.41, 5.74) is 1.03. The Labute approximate surface area is 125 Å². The van der Waals surface area contributed by atoms with Gasteiger partial charge < -0.3 is 14.7 Å². The van der Waals surface area contributed by atoms with Gasteiger partial charge in [-0.2, -0.15) is 0 Å². The van der Waals surface area contributed by atoms with E-state index in [4.69, 9.17) is 9.84 Å². The summed E-state index contributed by atoms with van der Waals surface area (Å²) in [6.45, 7) is 3.12. The van der Waals surface area contributed by atoms with E-state index in [9.17, 15) is 9.59 Å². The second-order valence-corrected chi connectivity index (χ2v) is 5.10. The molecule has 1 amide bonds. The van der Waals surface area contributed by atoms with Crippen molar-refractivity contribution in [3.63, 3.8) is 0 Å². The van der Waals surface area contributed by atoms with Crippen molar-refractivity contribution in [1.29, 1.82) is 0 Å². The highest BCUT2D eigenvalue weighted by Gasteiger charge is 2.20. The Morgan fingerprint density at radius 1 is 1.29 bits per heavy atom. The molecule has 0 saturated heterocycles. The smallest absolute Gasteiger partial charge is 0.303 e. The first kappa shape index (κ1) is 17.2. The van der Waals surface area contributed by atoms with Gasteiger partial charge in [0, 0.05) is 26.6 Å². The molecule has 0 bridgehead atoms. The topological polar surface area (TPSA) is 66.8 Å². The lowest BCUT2D eigenvalue weighted by atomic mass is 10.1. The van der Waals surface area contributed by atoms with E-state index in [1.165, 1.54) is 0 Å². The van der Waals surface area contributed by atoms with Gasteiger partial charge in [0.05, 0.1) is 12.5 Å². The van der Waals surface area contributed by atoms with Gasteiger partial charge in [0.2, 0.25) is 5.91 Å². The summed E-state index contributed by atoms with van der Waals surface area (Å²) >= 11 is 0. The summed E-state index contributed by atoms with van der Waals surface area (Å²) in [5.74, 6) is -1.08. The molecule has 21 heavy (non-hydrogen) atoms. The number of nitrogens with zero attached hydrogens (tertiary/aromatic N) is 1. The maximum Gasteiger partial charge on any atom is 0.303 e. The number of hydrogen-bond donors (Lipinski definition) is 1. The van der Waals surface area contributed by atoms with Crippen molar-refractivity contribution >= 4 is 11.9 Å². The second kappa shape index (κ2) is 9.13. The Hall–Kier alpha value is -1.88. The molecule has 1 rings (SSSR count). The molecule has 1 aromatic rings. The summed E-state index contributed by atoms with van der Waals surface area (Å²) in [5, 5.41) is 8.72. The zero-order valence-electron chi connectivity index (χ0n) is 12.6. The monoisotopic (exact) mass is 293 g/mol. The van der Waals surface area contributed by atoms with Crippen molar-refractivity contribution in [1.82, 2.24) is 4.90 Å². The molecule has 0 aliphatic heterocycles. The highest BCUT2D eigenvalue weighted by molar-refractivity contribution is 5.78. The summed E-state index contributed by atoms with van der Waals surface area (Å²) in [7, 11) is 1.57. The SMILES string of the molecule is COCC(C)C(=O)N(CCCC(=O)O)Cc1ccccc1. The van der Waals surface area contributed by atoms with Crippen molar-refractivity contribution in [3.05, 3.63) is 35.9 Å². The van der Waals surface area contributed by atoms with Gasteiger partial charge in [-0.25, -0.2) is 0 Å². The molecule has 1 aromatic carbocycles. The van der Waals surface area contributed by atoms with Gasteiger partial charge in [-0.05, 0) is 12.0 Å². The first-order valence-corrected chi connectivity index (χ1v) is 7.08. The van der Waals surface area contributed by atoms with Crippen LogP contribution in [0.3, 0.4) is 0 Å². The average molecular weight is 293 g/mol. The van der Waals surface area contributed by atoms with E-state index >= 15 is 0 Å². The Bertz CT molecular complexity index is 447. The molecule has 1 unspecified atom stereocenters. The normalized spacial score (nSPS) is 11.9. The molecule has 1 atom stereocenters. The largest absolute Gasteiger partial charge is 0.481 e. The lowest BCUT2D eigenvalue weighted by molar-refractivity contribution is -0.140. The van der Waals surface area contributed by atoms with Crippen molar-refractivity contribution < 1.29 is 19.4 Å². The molecule has 0 radical (unpaired) electrons. The van der Waals surface area contributed by atoms with E-state index in [1.807, 2.05) is 37.3 Å². The van der Waals surface area contributed by atoms with E-state index < -0.39 is 5.97 Å². The first-order chi connectivity index (χ1) is 10.0. The lowest BCUT2D eigenvalue weighted by Gasteiger charge is -2.25. The standard InChI is InChI=1S/C16H23NO4/c1-13(12-21-2)16(20)17(10-6-9-15(18)19)11-14-7-4-3-5-8-14/h3-5,7-8,13H,6,9-12H2,1-2H3,(H,18,19). The quantitative estimate of drug-likeness (QED) is 0.757. The molecule has 1 N–H and O–H groups in total. The third-order valence-electron chi connectivity index (χ3n) is 3.18. The van der Waals surface area contributed by atoms with E-state index in [0.717, 1.165) is 5.56 Å². The van der Waals surface area contributed by atoms with Crippen molar-refractivity contribution in [2.24, 2.45) is 5.92 Å². The lowest BCUT2D eigenvalue weighted by Crippen LogP contribution is -2.37. The van der Waals surface area contributed by atoms with Gasteiger partial charge in [-0.15, -0.1) is 0 Å². The zero-order valence-corrected chi connectivity index (χ0v) is 12.6. The molecule has 0 heterocycles. The molecule has 0 spiro atoms. The maximum atomic E-state index is 12.4. The summed E-state index contributed by atoms with van der Waals surface area (Å²) in [6.07, 6.45) is 0.519. The number of rotatable bonds is 9. The van der Waals surface area contributed by atoms with Crippen LogP contribution in [0, 0.1) is 5.92 Å². The highest BCUT2D eigenvalue weighted by Crippen LogP contribution is 2.11. The molecule has 0 aliphatic carbocycles. The summed E-state index contributed by atoms with van der Waals surface area (Å²) in [6, 6.07) is 9.69. The van der Waals surface area contributed by atoms with Crippen LogP contribution in [0.1, 0.15) is 25.3 Å². The Morgan fingerprint density at radius 3 is 2.52 bits per heavy atom. The number of benzene rings is 1. The Kier molecular flexibility index (Phi) is 7.46. The third kappa shape index (κ3) is 6.40. The van der Waals surface area contributed by atoms with Crippen molar-refractivity contribution in [2.75, 3.05) is 20.3 Å². The van der Waals surface area contributed by atoms with Crippen LogP contribution in [0.25, 0.3) is 0 Å². The van der Waals surface area contributed by atoms with Crippen molar-refractivity contribution in [2.45, 2.75) is 26.3 Å². The number of methoxy groups -OCH3 is 1. The number of carboxylic acid groups (broad SMARTS) is 1. The van der Waals surface area contributed by atoms with Crippen LogP contribution in [0.15, 0.2) is 30.3 Å². The number of carbonyl (C=O) groups is 2. The molecule has 0 saturated carbocycles. The minimum atomic E-state index is -0.841. The van der Waals surface area contributed by atoms with Gasteiger partial charge in [0.15, 0.2) is 0 Å². The van der Waals surface area contributed by atoms with E-state index in [1.54, 1.807) is 12.0 Å². The Morgan fingerprint density at radius 2 is 1.95 bits per heavy atom. The molecule has 5 nitrogen and oxygen atoms in total. The second-order valence-electron chi connectivity index (χ2n) is 5.10. The van der Waals surface area contributed by atoms with Gasteiger partial charge in [-0.3, -0.25) is 9.59 Å². The van der Waals surface area contributed by atoms with Crippen LogP contribution >= 0.6 is 0 Å². The molecule has 0 fully saturated rings. The highest BCUT2D eigenvalue weighted by atomic mass is 16.5. The number of carboxylic acids is 1. The van der Waals surface area contributed by atoms with Crippen LogP contribution in [0.5, 0.6) is 0 Å². The molecular formula is C16H23NO4. The number of amides is 1. The minimum absolute atomic E-state index is 0.00825. The number of carbonyl (C=O) groups excluding carboxylic acids is 1. The zero-order chi connectivity index (χ0) is 15.7. The maximum absolute atomic E-state index is 12.4. The minimum Gasteiger partial charge on any atom is -0.481 e. The molecule has 116 valence electrons.